The second kappa shape index (κ2) is 4.36. The molecule has 64 valence electrons. The van der Waals surface area contributed by atoms with Gasteiger partial charge in [-0.25, -0.2) is 0 Å². The maximum atomic E-state index is 11.2. The predicted molar refractivity (Wildman–Crippen MR) is 51.2 cm³/mol. The molecular weight excluding hydrogens is 218 g/mol. The molecule has 0 spiro atoms. The number of carbonyl (C=O) groups is 1. The van der Waals surface area contributed by atoms with Crippen LogP contribution in [0.25, 0.3) is 0 Å². The lowest BCUT2D eigenvalue weighted by Gasteiger charge is -2.05. The third-order valence-corrected chi connectivity index (χ3v) is 2.67. The average Bonchev–Trinajstić information content (AvgIpc) is 2.17. The Morgan fingerprint density at radius 1 is 1.58 bits per heavy atom. The smallest absolute Gasteiger partial charge is 0.150 e. The van der Waals surface area contributed by atoms with Crippen LogP contribution in [0.2, 0.25) is 0 Å². The Hall–Kier alpha value is -0.700. The molecule has 12 heavy (non-hydrogen) atoms. The van der Waals surface area contributed by atoms with Gasteiger partial charge in [-0.3, -0.25) is 9.78 Å². The second-order valence-corrected chi connectivity index (χ2v) is 3.38. The van der Waals surface area contributed by atoms with Crippen LogP contribution in [0.15, 0.2) is 24.5 Å². The molecule has 0 aliphatic rings. The quantitative estimate of drug-likeness (QED) is 0.744. The topological polar surface area (TPSA) is 30.0 Å². The van der Waals surface area contributed by atoms with E-state index in [1.807, 2.05) is 19.1 Å². The Bertz CT molecular complexity index is 260. The zero-order valence-corrected chi connectivity index (χ0v) is 8.41. The van der Waals surface area contributed by atoms with E-state index in [1.54, 1.807) is 12.4 Å². The van der Waals surface area contributed by atoms with E-state index in [-0.39, 0.29) is 10.6 Å². The fourth-order valence-corrected chi connectivity index (χ4v) is 1.53. The van der Waals surface area contributed by atoms with E-state index in [0.717, 1.165) is 5.56 Å². The molecule has 0 bridgehead atoms. The van der Waals surface area contributed by atoms with Gasteiger partial charge in [-0.15, -0.1) is 0 Å². The SMILES string of the molecule is CCC(=O)C(Br)c1ccncc1. The third-order valence-electron chi connectivity index (χ3n) is 1.63. The molecule has 0 saturated carbocycles. The summed E-state index contributed by atoms with van der Waals surface area (Å²) in [5, 5.41) is 0. The van der Waals surface area contributed by atoms with Crippen LogP contribution in [0.3, 0.4) is 0 Å². The van der Waals surface area contributed by atoms with Gasteiger partial charge >= 0.3 is 0 Å². The number of nitrogens with zero attached hydrogens (tertiary/aromatic N) is 1. The molecule has 3 heteroatoms. The molecule has 1 aromatic rings. The summed E-state index contributed by atoms with van der Waals surface area (Å²) in [6, 6.07) is 3.68. The van der Waals surface area contributed by atoms with Crippen LogP contribution in [0, 0.1) is 0 Å². The molecule has 0 aromatic carbocycles. The van der Waals surface area contributed by atoms with Crippen molar-refractivity contribution in [2.45, 2.75) is 18.2 Å². The number of alkyl halides is 1. The van der Waals surface area contributed by atoms with Crippen molar-refractivity contribution in [3.05, 3.63) is 30.1 Å². The van der Waals surface area contributed by atoms with Gasteiger partial charge < -0.3 is 0 Å². The first-order valence-corrected chi connectivity index (χ1v) is 4.74. The van der Waals surface area contributed by atoms with Crippen molar-refractivity contribution in [3.8, 4) is 0 Å². The van der Waals surface area contributed by atoms with Crippen molar-refractivity contribution in [1.82, 2.24) is 4.98 Å². The normalized spacial score (nSPS) is 12.5. The average molecular weight is 228 g/mol. The number of pyridine rings is 1. The number of hydrogen-bond donors (Lipinski definition) is 0. The van der Waals surface area contributed by atoms with Crippen LogP contribution in [0.4, 0.5) is 0 Å². The predicted octanol–water partition coefficient (Wildman–Crippen LogP) is 2.50. The number of aromatic nitrogens is 1. The van der Waals surface area contributed by atoms with Crippen molar-refractivity contribution in [2.24, 2.45) is 0 Å². The maximum Gasteiger partial charge on any atom is 0.150 e. The van der Waals surface area contributed by atoms with Gasteiger partial charge in [0.15, 0.2) is 5.78 Å². The number of ketones is 1. The summed E-state index contributed by atoms with van der Waals surface area (Å²) in [4.78, 5) is 15.0. The van der Waals surface area contributed by atoms with E-state index in [9.17, 15) is 4.79 Å². The lowest BCUT2D eigenvalue weighted by molar-refractivity contribution is -0.118. The first-order chi connectivity index (χ1) is 5.75. The van der Waals surface area contributed by atoms with Gasteiger partial charge in [0.2, 0.25) is 0 Å². The van der Waals surface area contributed by atoms with E-state index in [4.69, 9.17) is 0 Å². The molecule has 1 aromatic heterocycles. The van der Waals surface area contributed by atoms with Gasteiger partial charge in [-0.2, -0.15) is 0 Å². The first kappa shape index (κ1) is 9.39. The monoisotopic (exact) mass is 227 g/mol. The van der Waals surface area contributed by atoms with Crippen LogP contribution >= 0.6 is 15.9 Å². The standard InChI is InChI=1S/C9H10BrNO/c1-2-8(12)9(10)7-3-5-11-6-4-7/h3-6,9H,2H2,1H3. The van der Waals surface area contributed by atoms with Crippen molar-refractivity contribution >= 4 is 21.7 Å². The molecule has 0 N–H and O–H groups in total. The van der Waals surface area contributed by atoms with Gasteiger partial charge in [-0.1, -0.05) is 22.9 Å². The van der Waals surface area contributed by atoms with E-state index >= 15 is 0 Å². The fourth-order valence-electron chi connectivity index (χ4n) is 0.898. The molecule has 0 fully saturated rings. The highest BCUT2D eigenvalue weighted by Gasteiger charge is 2.13. The largest absolute Gasteiger partial charge is 0.298 e. The second-order valence-electron chi connectivity index (χ2n) is 2.46. The minimum Gasteiger partial charge on any atom is -0.298 e. The van der Waals surface area contributed by atoms with Crippen LogP contribution in [-0.4, -0.2) is 10.8 Å². The lowest BCUT2D eigenvalue weighted by Crippen LogP contribution is -2.04. The Kier molecular flexibility index (Phi) is 3.41. The first-order valence-electron chi connectivity index (χ1n) is 3.82. The van der Waals surface area contributed by atoms with Gasteiger partial charge in [0.1, 0.15) is 0 Å². The molecule has 1 rings (SSSR count). The van der Waals surface area contributed by atoms with E-state index < -0.39 is 0 Å². The number of Topliss-reactive ketones (excluding diaryl/α,β-unsaturated/α-hetero) is 1. The Morgan fingerprint density at radius 3 is 2.67 bits per heavy atom. The lowest BCUT2D eigenvalue weighted by atomic mass is 10.1. The van der Waals surface area contributed by atoms with Gasteiger partial charge in [-0.05, 0) is 17.7 Å². The van der Waals surface area contributed by atoms with Crippen molar-refractivity contribution in [3.63, 3.8) is 0 Å². The molecule has 1 atom stereocenters. The summed E-state index contributed by atoms with van der Waals surface area (Å²) >= 11 is 3.33. The maximum absolute atomic E-state index is 11.2. The van der Waals surface area contributed by atoms with Crippen molar-refractivity contribution in [2.75, 3.05) is 0 Å². The molecule has 0 amide bonds. The zero-order chi connectivity index (χ0) is 8.97. The summed E-state index contributed by atoms with van der Waals surface area (Å²) < 4.78 is 0. The van der Waals surface area contributed by atoms with E-state index in [1.165, 1.54) is 0 Å². The number of halogens is 1. The molecule has 0 radical (unpaired) electrons. The van der Waals surface area contributed by atoms with Gasteiger partial charge in [0, 0.05) is 18.8 Å². The number of hydrogen-bond acceptors (Lipinski definition) is 2. The van der Waals surface area contributed by atoms with E-state index in [0.29, 0.717) is 6.42 Å². The molecule has 0 saturated heterocycles. The van der Waals surface area contributed by atoms with Crippen LogP contribution in [-0.2, 0) is 4.79 Å². The Balaban J connectivity index is 2.78. The number of carbonyl (C=O) groups excluding carboxylic acids is 1. The highest BCUT2D eigenvalue weighted by molar-refractivity contribution is 9.09. The Labute approximate surface area is 80.1 Å². The minimum absolute atomic E-state index is 0.175. The van der Waals surface area contributed by atoms with Crippen LogP contribution in [0.5, 0.6) is 0 Å². The molecule has 0 aliphatic heterocycles. The third kappa shape index (κ3) is 2.14. The van der Waals surface area contributed by atoms with Crippen molar-refractivity contribution < 1.29 is 4.79 Å². The van der Waals surface area contributed by atoms with Crippen LogP contribution < -0.4 is 0 Å². The summed E-state index contributed by atoms with van der Waals surface area (Å²) in [5.41, 5.74) is 0.969. The summed E-state index contributed by atoms with van der Waals surface area (Å²) in [6.45, 7) is 1.86. The number of rotatable bonds is 3. The molecular formula is C9H10BrNO. The molecule has 2 nitrogen and oxygen atoms in total. The summed E-state index contributed by atoms with van der Waals surface area (Å²) in [5.74, 6) is 0.196. The fraction of sp³-hybridized carbons (Fsp3) is 0.333. The van der Waals surface area contributed by atoms with Gasteiger partial charge in [0.05, 0.1) is 4.83 Å². The van der Waals surface area contributed by atoms with Crippen LogP contribution in [0.1, 0.15) is 23.7 Å². The minimum atomic E-state index is -0.175. The highest BCUT2D eigenvalue weighted by atomic mass is 79.9. The summed E-state index contributed by atoms with van der Waals surface area (Å²) in [7, 11) is 0. The zero-order valence-electron chi connectivity index (χ0n) is 6.83. The van der Waals surface area contributed by atoms with E-state index in [2.05, 4.69) is 20.9 Å². The highest BCUT2D eigenvalue weighted by Crippen LogP contribution is 2.23. The Morgan fingerprint density at radius 2 is 2.17 bits per heavy atom. The molecule has 0 aliphatic carbocycles. The molecule has 1 heterocycles. The van der Waals surface area contributed by atoms with Crippen molar-refractivity contribution in [1.29, 1.82) is 0 Å². The molecule has 1 unspecified atom stereocenters. The van der Waals surface area contributed by atoms with Gasteiger partial charge in [0.25, 0.3) is 0 Å². The summed E-state index contributed by atoms with van der Waals surface area (Å²) in [6.07, 6.45) is 3.93.